The fourth-order valence-corrected chi connectivity index (χ4v) is 3.98. The van der Waals surface area contributed by atoms with Crippen LogP contribution < -0.4 is 10.6 Å². The zero-order chi connectivity index (χ0) is 20.6. The highest BCUT2D eigenvalue weighted by atomic mass is 127. The van der Waals surface area contributed by atoms with Crippen LogP contribution in [0, 0.1) is 13.8 Å². The number of halogens is 1. The Hall–Kier alpha value is -1.65. The smallest absolute Gasteiger partial charge is 0.191 e. The second kappa shape index (κ2) is 12.3. The number of likely N-dealkylation sites (tertiary alicyclic amines) is 1. The van der Waals surface area contributed by atoms with E-state index in [1.54, 1.807) is 7.11 Å². The van der Waals surface area contributed by atoms with Gasteiger partial charge in [-0.25, -0.2) is 4.68 Å². The predicted molar refractivity (Wildman–Crippen MR) is 133 cm³/mol. The Morgan fingerprint density at radius 2 is 2.07 bits per heavy atom. The molecule has 1 aliphatic heterocycles. The van der Waals surface area contributed by atoms with Crippen LogP contribution in [-0.4, -0.2) is 67.1 Å². The first-order valence-electron chi connectivity index (χ1n) is 10.4. The molecule has 1 saturated heterocycles. The zero-order valence-corrected chi connectivity index (χ0v) is 20.8. The molecule has 0 spiro atoms. The number of aromatic nitrogens is 2. The summed E-state index contributed by atoms with van der Waals surface area (Å²) >= 11 is 0. The van der Waals surface area contributed by atoms with Crippen molar-refractivity contribution in [3.63, 3.8) is 0 Å². The number of hydrogen-bond donors (Lipinski definition) is 2. The van der Waals surface area contributed by atoms with Crippen LogP contribution in [0.3, 0.4) is 0 Å². The van der Waals surface area contributed by atoms with Crippen LogP contribution in [0.15, 0.2) is 35.3 Å². The summed E-state index contributed by atoms with van der Waals surface area (Å²) in [6.45, 7) is 8.61. The van der Waals surface area contributed by atoms with Crippen LogP contribution in [0.1, 0.15) is 29.8 Å². The molecule has 0 saturated carbocycles. The van der Waals surface area contributed by atoms with Gasteiger partial charge in [-0.1, -0.05) is 18.2 Å². The first-order valence-corrected chi connectivity index (χ1v) is 10.4. The van der Waals surface area contributed by atoms with Crippen LogP contribution in [0.4, 0.5) is 0 Å². The molecule has 0 amide bonds. The normalized spacial score (nSPS) is 17.1. The van der Waals surface area contributed by atoms with E-state index in [4.69, 9.17) is 4.74 Å². The van der Waals surface area contributed by atoms with E-state index in [0.717, 1.165) is 49.3 Å². The molecule has 0 bridgehead atoms. The van der Waals surface area contributed by atoms with Gasteiger partial charge in [0, 0.05) is 45.5 Å². The molecule has 1 aromatic heterocycles. The molecule has 1 fully saturated rings. The average Bonchev–Trinajstić information content (AvgIpc) is 3.32. The number of guanidine groups is 1. The Bertz CT molecular complexity index is 822. The van der Waals surface area contributed by atoms with Gasteiger partial charge in [-0.3, -0.25) is 9.89 Å². The molecule has 2 N–H and O–H groups in total. The molecule has 1 atom stereocenters. The minimum absolute atomic E-state index is 0. The minimum Gasteiger partial charge on any atom is -0.383 e. The van der Waals surface area contributed by atoms with Crippen molar-refractivity contribution >= 4 is 29.9 Å². The van der Waals surface area contributed by atoms with E-state index in [9.17, 15) is 0 Å². The number of para-hydroxylation sites is 1. The Labute approximate surface area is 197 Å². The van der Waals surface area contributed by atoms with E-state index >= 15 is 0 Å². The first kappa shape index (κ1) is 24.6. The molecule has 1 unspecified atom stereocenters. The van der Waals surface area contributed by atoms with E-state index in [0.29, 0.717) is 12.6 Å². The summed E-state index contributed by atoms with van der Waals surface area (Å²) in [5.41, 5.74) is 4.44. The fraction of sp³-hybridized carbons (Fsp3) is 0.545. The number of ether oxygens (including phenoxy) is 1. The molecular weight excluding hydrogens is 491 g/mol. The van der Waals surface area contributed by atoms with Crippen molar-refractivity contribution in [2.24, 2.45) is 4.99 Å². The van der Waals surface area contributed by atoms with E-state index in [2.05, 4.69) is 62.9 Å². The molecule has 2 heterocycles. The summed E-state index contributed by atoms with van der Waals surface area (Å²) in [6.07, 6.45) is 2.46. The quantitative estimate of drug-likeness (QED) is 0.315. The highest BCUT2D eigenvalue weighted by molar-refractivity contribution is 14.0. The lowest BCUT2D eigenvalue weighted by atomic mass is 10.1. The third kappa shape index (κ3) is 6.42. The first-order chi connectivity index (χ1) is 14.1. The van der Waals surface area contributed by atoms with E-state index in [1.807, 2.05) is 18.7 Å². The van der Waals surface area contributed by atoms with Crippen molar-refractivity contribution in [1.29, 1.82) is 0 Å². The lowest BCUT2D eigenvalue weighted by Gasteiger charge is -2.25. The maximum absolute atomic E-state index is 5.24. The van der Waals surface area contributed by atoms with Crippen molar-refractivity contribution in [2.45, 2.75) is 39.3 Å². The zero-order valence-electron chi connectivity index (χ0n) is 18.5. The minimum atomic E-state index is 0. The van der Waals surface area contributed by atoms with E-state index in [-0.39, 0.29) is 24.0 Å². The molecule has 166 valence electrons. The van der Waals surface area contributed by atoms with Crippen LogP contribution in [0.5, 0.6) is 0 Å². The molecule has 1 aromatic carbocycles. The molecular formula is C22H35IN6O. The topological polar surface area (TPSA) is 66.7 Å². The van der Waals surface area contributed by atoms with Gasteiger partial charge < -0.3 is 15.4 Å². The van der Waals surface area contributed by atoms with Gasteiger partial charge in [0.25, 0.3) is 0 Å². The molecule has 2 aromatic rings. The van der Waals surface area contributed by atoms with Crippen molar-refractivity contribution < 1.29 is 4.74 Å². The lowest BCUT2D eigenvalue weighted by molar-refractivity contribution is 0.141. The van der Waals surface area contributed by atoms with Gasteiger partial charge in [-0.05, 0) is 50.9 Å². The van der Waals surface area contributed by atoms with Crippen molar-refractivity contribution in [3.8, 4) is 5.69 Å². The SMILES string of the molecule is CN=C(NCc1ccccc1-n1nc(C)cc1C)NCC1CCCN1CCOC.I. The standard InChI is InChI=1S/C22H34N6O.HI/c1-17-14-18(2)28(26-17)21-10-6-5-8-19(21)15-24-22(23-3)25-16-20-9-7-11-27(20)12-13-29-4;/h5-6,8,10,14,20H,7,9,11-13,15-16H2,1-4H3,(H2,23,24,25);1H. The van der Waals surface area contributed by atoms with Gasteiger partial charge in [0.05, 0.1) is 18.0 Å². The van der Waals surface area contributed by atoms with Gasteiger partial charge in [0.15, 0.2) is 5.96 Å². The summed E-state index contributed by atoms with van der Waals surface area (Å²) in [7, 11) is 3.58. The van der Waals surface area contributed by atoms with Gasteiger partial charge in [-0.15, -0.1) is 24.0 Å². The highest BCUT2D eigenvalue weighted by Gasteiger charge is 2.24. The van der Waals surface area contributed by atoms with Crippen LogP contribution in [0.2, 0.25) is 0 Å². The molecule has 30 heavy (non-hydrogen) atoms. The third-order valence-corrected chi connectivity index (χ3v) is 5.49. The van der Waals surface area contributed by atoms with E-state index < -0.39 is 0 Å². The van der Waals surface area contributed by atoms with Crippen molar-refractivity contribution in [2.75, 3.05) is 40.4 Å². The Morgan fingerprint density at radius 3 is 2.77 bits per heavy atom. The highest BCUT2D eigenvalue weighted by Crippen LogP contribution is 2.17. The number of nitrogens with one attached hydrogen (secondary N) is 2. The summed E-state index contributed by atoms with van der Waals surface area (Å²) in [6, 6.07) is 11.0. The van der Waals surface area contributed by atoms with E-state index in [1.165, 1.54) is 18.4 Å². The summed E-state index contributed by atoms with van der Waals surface area (Å²) in [4.78, 5) is 6.91. The second-order valence-corrected chi connectivity index (χ2v) is 7.60. The average molecular weight is 526 g/mol. The lowest BCUT2D eigenvalue weighted by Crippen LogP contribution is -2.45. The van der Waals surface area contributed by atoms with Crippen LogP contribution >= 0.6 is 24.0 Å². The van der Waals surface area contributed by atoms with Gasteiger partial charge in [0.2, 0.25) is 0 Å². The second-order valence-electron chi connectivity index (χ2n) is 7.60. The number of nitrogens with zero attached hydrogens (tertiary/aromatic N) is 4. The summed E-state index contributed by atoms with van der Waals surface area (Å²) < 4.78 is 7.25. The Balaban J connectivity index is 0.00000320. The van der Waals surface area contributed by atoms with Crippen LogP contribution in [0.25, 0.3) is 5.69 Å². The maximum Gasteiger partial charge on any atom is 0.191 e. The summed E-state index contributed by atoms with van der Waals surface area (Å²) in [5.74, 6) is 0.826. The van der Waals surface area contributed by atoms with Gasteiger partial charge in [0.1, 0.15) is 0 Å². The predicted octanol–water partition coefficient (Wildman–Crippen LogP) is 2.88. The maximum atomic E-state index is 5.24. The van der Waals surface area contributed by atoms with Crippen molar-refractivity contribution in [1.82, 2.24) is 25.3 Å². The largest absolute Gasteiger partial charge is 0.383 e. The van der Waals surface area contributed by atoms with Gasteiger partial charge in [-0.2, -0.15) is 5.10 Å². The summed E-state index contributed by atoms with van der Waals surface area (Å²) in [5, 5.41) is 11.6. The molecule has 1 aliphatic rings. The molecule has 0 radical (unpaired) electrons. The Kier molecular flexibility index (Phi) is 10.1. The third-order valence-electron chi connectivity index (χ3n) is 5.49. The number of methoxy groups -OCH3 is 1. The molecule has 3 rings (SSSR count). The fourth-order valence-electron chi connectivity index (χ4n) is 3.98. The Morgan fingerprint density at radius 1 is 1.27 bits per heavy atom. The molecule has 0 aliphatic carbocycles. The number of hydrogen-bond acceptors (Lipinski definition) is 4. The number of benzene rings is 1. The number of rotatable bonds is 8. The monoisotopic (exact) mass is 526 g/mol. The number of aryl methyl sites for hydroxylation is 2. The van der Waals surface area contributed by atoms with Crippen molar-refractivity contribution in [3.05, 3.63) is 47.3 Å². The molecule has 8 heteroatoms. The van der Waals surface area contributed by atoms with Crippen LogP contribution in [-0.2, 0) is 11.3 Å². The molecule has 7 nitrogen and oxygen atoms in total. The number of aliphatic imine (C=N–C) groups is 1. The van der Waals surface area contributed by atoms with Gasteiger partial charge >= 0.3 is 0 Å².